The van der Waals surface area contributed by atoms with Gasteiger partial charge in [-0.25, -0.2) is 18.0 Å². The van der Waals surface area contributed by atoms with Gasteiger partial charge in [-0.1, -0.05) is 36.4 Å². The second kappa shape index (κ2) is 48.9. The fourth-order valence-corrected chi connectivity index (χ4v) is 14.4. The number of pyridine rings is 3. The number of amides is 3. The van der Waals surface area contributed by atoms with Gasteiger partial charge in [-0.3, -0.25) is 38.9 Å². The standard InChI is InChI=1S/2C34H38FN3O6.C33H36FN3O6/c1-22-27(26-9-8-25(35)18-29(26)28(22)19-32(39)37-21-23-7-6-11-36-20-23)15-24-16-30(41-4)34(31(17-24)42-5)44-13-10-33(40)43-14-12-38(2)3;1-22-27(26-10-9-24(35)19-29(26)28(22)20-32(39)37-21-25-8-6-7-12-36-25)16-23-17-30(41-4)34(31(18-23)42-5)44-14-11-33(40)43-15-13-38(2)3;1-21-26(14-22-15-29(40-4)33(30(16-22)41-5)43-20-32(39)42-13-12-37(2)3)25-10-9-23(34)17-28(25)27(21)18-31(38)36-19-24-8-6-7-11-35-24/h6-9,11,15-18,20H,10,12-14,19,21H2,1-5H3,(H,37,39);6-10,12,16-19H,11,13-15,20-21H2,1-5H3,(H,37,39);6-11,14-17H,12-13,18-20H2,1-5H3,(H,36,38)/b27-15-;27-16-;26-14-. The van der Waals surface area contributed by atoms with Crippen LogP contribution in [0.2, 0.25) is 0 Å². The SMILES string of the molecule is COc1cc(/C=C2/C(C)=C(CC(=O)NCc3ccccn3)c3cc(F)ccc32)cc(OC)c1OCC(=O)OCCN(C)C.COc1cc(/C=C2/C(C)=C(CC(=O)NCc3ccccn3)c3cc(F)ccc32)cc(OC)c1OCCC(=O)OCCN(C)C.COc1cc(/C=C2/C(C)=C(CC(=O)NCc3cccnc3)c3cc(F)ccc32)cc(OC)c1OCCC(=O)OCCN(C)C. The first-order valence-corrected chi connectivity index (χ1v) is 42.3. The van der Waals surface area contributed by atoms with E-state index in [-0.39, 0.29) is 111 Å². The van der Waals surface area contributed by atoms with Crippen molar-refractivity contribution in [2.45, 2.75) is 72.5 Å². The quantitative estimate of drug-likeness (QED) is 0.0237. The molecule has 0 saturated carbocycles. The van der Waals surface area contributed by atoms with Crippen LogP contribution in [-0.4, -0.2) is 210 Å². The number of hydrogen-bond acceptors (Lipinski definition) is 24. The highest BCUT2D eigenvalue weighted by molar-refractivity contribution is 6.11. The number of nitrogens with zero attached hydrogens (tertiary/aromatic N) is 6. The minimum absolute atomic E-state index is 0.0705. The van der Waals surface area contributed by atoms with Gasteiger partial charge in [0, 0.05) is 51.0 Å². The van der Waals surface area contributed by atoms with Gasteiger partial charge in [-0.15, -0.1) is 0 Å². The third-order valence-corrected chi connectivity index (χ3v) is 21.2. The van der Waals surface area contributed by atoms with Crippen LogP contribution in [0, 0.1) is 17.5 Å². The Labute approximate surface area is 761 Å². The van der Waals surface area contributed by atoms with Gasteiger partial charge < -0.3 is 87.5 Å². The molecule has 690 valence electrons. The number of nitrogens with one attached hydrogen (secondary N) is 3. The minimum atomic E-state index is -0.510. The number of carbonyl (C=O) groups is 6. The fourth-order valence-electron chi connectivity index (χ4n) is 14.4. The molecular weight excluding hydrogens is 1680 g/mol. The molecule has 12 rings (SSSR count). The van der Waals surface area contributed by atoms with Crippen molar-refractivity contribution in [1.82, 2.24) is 45.6 Å². The fraction of sp³-hybridized carbons (Fsp3) is 0.317. The summed E-state index contributed by atoms with van der Waals surface area (Å²) in [5, 5.41) is 8.73. The predicted octanol–water partition coefficient (Wildman–Crippen LogP) is 15.0. The Morgan fingerprint density at radius 1 is 0.366 bits per heavy atom. The summed E-state index contributed by atoms with van der Waals surface area (Å²) in [7, 11) is 20.5. The van der Waals surface area contributed by atoms with Gasteiger partial charge in [0.05, 0.1) is 112 Å². The molecular formula is C101H112F3N9O18. The summed E-state index contributed by atoms with van der Waals surface area (Å²) in [6.45, 7) is 9.32. The van der Waals surface area contributed by atoms with Crippen LogP contribution < -0.4 is 58.6 Å². The van der Waals surface area contributed by atoms with Crippen LogP contribution in [0.4, 0.5) is 13.2 Å². The maximum Gasteiger partial charge on any atom is 0.344 e. The number of hydrogen-bond donors (Lipinski definition) is 3. The van der Waals surface area contributed by atoms with E-state index in [1.54, 1.807) is 79.4 Å². The van der Waals surface area contributed by atoms with Gasteiger partial charge in [0.25, 0.3) is 0 Å². The molecule has 0 unspecified atom stereocenters. The number of ether oxygens (including phenoxy) is 12. The molecule has 3 aliphatic rings. The van der Waals surface area contributed by atoms with Gasteiger partial charge in [-0.05, 0) is 290 Å². The van der Waals surface area contributed by atoms with Crippen molar-refractivity contribution in [3.05, 3.63) is 266 Å². The lowest BCUT2D eigenvalue weighted by atomic mass is 10.00. The Morgan fingerprint density at radius 2 is 0.695 bits per heavy atom. The number of halogens is 3. The number of allylic oxidation sites excluding steroid dienone is 6. The number of carbonyl (C=O) groups excluding carboxylic acids is 6. The molecule has 3 N–H and O–H groups in total. The third-order valence-electron chi connectivity index (χ3n) is 21.2. The van der Waals surface area contributed by atoms with Crippen molar-refractivity contribution in [2.75, 3.05) is 144 Å². The van der Waals surface area contributed by atoms with Crippen LogP contribution in [0.25, 0.3) is 51.7 Å². The number of esters is 3. The van der Waals surface area contributed by atoms with Crippen molar-refractivity contribution in [3.63, 3.8) is 0 Å². The number of aromatic nitrogens is 3. The summed E-state index contributed by atoms with van der Waals surface area (Å²) in [5.74, 6) is 0.492. The molecule has 0 atom stereocenters. The van der Waals surface area contributed by atoms with Crippen LogP contribution in [0.1, 0.15) is 120 Å². The molecule has 0 radical (unpaired) electrons. The Morgan fingerprint density at radius 3 is 1.00 bits per heavy atom. The molecule has 0 bridgehead atoms. The van der Waals surface area contributed by atoms with E-state index in [0.717, 1.165) is 100 Å². The van der Waals surface area contributed by atoms with E-state index in [1.807, 2.05) is 145 Å². The summed E-state index contributed by atoms with van der Waals surface area (Å²) in [5.41, 5.74) is 16.5. The van der Waals surface area contributed by atoms with Crippen molar-refractivity contribution in [2.24, 2.45) is 0 Å². The van der Waals surface area contributed by atoms with Crippen LogP contribution in [-0.2, 0) is 62.6 Å². The zero-order valence-corrected chi connectivity index (χ0v) is 76.5. The monoisotopic (exact) mass is 1800 g/mol. The maximum atomic E-state index is 14.4. The van der Waals surface area contributed by atoms with Crippen molar-refractivity contribution >= 4 is 87.3 Å². The number of likely N-dealkylation sites (N-methyl/N-ethyl adjacent to an activating group) is 3. The predicted molar refractivity (Wildman–Crippen MR) is 496 cm³/mol. The lowest BCUT2D eigenvalue weighted by molar-refractivity contribution is -0.146. The maximum absolute atomic E-state index is 14.4. The van der Waals surface area contributed by atoms with Crippen LogP contribution >= 0.6 is 0 Å². The van der Waals surface area contributed by atoms with E-state index in [9.17, 15) is 41.9 Å². The van der Waals surface area contributed by atoms with Crippen LogP contribution in [0.3, 0.4) is 0 Å². The molecule has 3 heterocycles. The van der Waals surface area contributed by atoms with Crippen molar-refractivity contribution in [3.8, 4) is 51.7 Å². The molecule has 9 aromatic rings. The van der Waals surface area contributed by atoms with E-state index in [4.69, 9.17) is 56.8 Å². The van der Waals surface area contributed by atoms with Crippen molar-refractivity contribution < 1.29 is 98.8 Å². The van der Waals surface area contributed by atoms with Gasteiger partial charge in [0.15, 0.2) is 41.1 Å². The average molecular weight is 1800 g/mol. The topological polar surface area (TPSA) is 298 Å². The van der Waals surface area contributed by atoms with E-state index < -0.39 is 5.97 Å². The normalized spacial score (nSPS) is 13.2. The lowest BCUT2D eigenvalue weighted by Gasteiger charge is -2.16. The molecule has 6 aromatic carbocycles. The van der Waals surface area contributed by atoms with Gasteiger partial charge in [-0.2, -0.15) is 0 Å². The van der Waals surface area contributed by atoms with E-state index in [0.29, 0.717) is 115 Å². The van der Waals surface area contributed by atoms with E-state index in [2.05, 4.69) is 30.9 Å². The first-order chi connectivity index (χ1) is 63.1. The Hall–Kier alpha value is -14.1. The summed E-state index contributed by atoms with van der Waals surface area (Å²) in [6, 6.07) is 39.2. The Balaban J connectivity index is 0.000000204. The molecule has 27 nitrogen and oxygen atoms in total. The molecule has 0 aliphatic heterocycles. The molecule has 131 heavy (non-hydrogen) atoms. The number of fused-ring (bicyclic) bond motifs is 3. The van der Waals surface area contributed by atoms with Crippen LogP contribution in [0.5, 0.6) is 51.7 Å². The molecule has 0 fully saturated rings. The first kappa shape index (κ1) is 99.1. The highest BCUT2D eigenvalue weighted by Gasteiger charge is 2.31. The zero-order chi connectivity index (χ0) is 94.2. The minimum Gasteiger partial charge on any atom is -0.493 e. The average Bonchev–Trinajstić information content (AvgIpc) is 1.62. The number of methoxy groups -OCH3 is 6. The highest BCUT2D eigenvalue weighted by Crippen LogP contribution is 2.50. The summed E-state index contributed by atoms with van der Waals surface area (Å²) in [4.78, 5) is 93.4. The largest absolute Gasteiger partial charge is 0.493 e. The number of benzene rings is 6. The molecule has 3 amide bonds. The van der Waals surface area contributed by atoms with Crippen molar-refractivity contribution in [1.29, 1.82) is 0 Å². The van der Waals surface area contributed by atoms with Gasteiger partial charge in [0.1, 0.15) is 37.3 Å². The van der Waals surface area contributed by atoms with E-state index >= 15 is 0 Å². The molecule has 0 saturated heterocycles. The molecule has 3 aliphatic carbocycles. The lowest BCUT2D eigenvalue weighted by Crippen LogP contribution is -2.23. The smallest absolute Gasteiger partial charge is 0.344 e. The number of rotatable bonds is 41. The Kier molecular flexibility index (Phi) is 37.0. The second-order valence-corrected chi connectivity index (χ2v) is 31.2. The van der Waals surface area contributed by atoms with Crippen LogP contribution in [0.15, 0.2) is 181 Å². The second-order valence-electron chi connectivity index (χ2n) is 31.2. The van der Waals surface area contributed by atoms with E-state index in [1.165, 1.54) is 79.1 Å². The summed E-state index contributed by atoms with van der Waals surface area (Å²) in [6.07, 6.45) is 12.9. The molecule has 30 heteroatoms. The zero-order valence-electron chi connectivity index (χ0n) is 76.5. The van der Waals surface area contributed by atoms with Gasteiger partial charge in [0.2, 0.25) is 35.0 Å². The Bertz CT molecular complexity index is 5430. The third kappa shape index (κ3) is 28.2. The molecule has 3 aromatic heterocycles. The summed E-state index contributed by atoms with van der Waals surface area (Å²) < 4.78 is 110. The van der Waals surface area contributed by atoms with Gasteiger partial charge >= 0.3 is 17.9 Å². The first-order valence-electron chi connectivity index (χ1n) is 42.3. The highest BCUT2D eigenvalue weighted by atomic mass is 19.1. The summed E-state index contributed by atoms with van der Waals surface area (Å²) >= 11 is 0. The molecule has 0 spiro atoms.